The van der Waals surface area contributed by atoms with Gasteiger partial charge in [0.1, 0.15) is 5.82 Å². The Kier molecular flexibility index (Phi) is 5.69. The third kappa shape index (κ3) is 4.21. The second-order valence-electron chi connectivity index (χ2n) is 7.74. The maximum atomic E-state index is 13.2. The molecule has 4 rings (SSSR count). The first-order valence-electron chi connectivity index (χ1n) is 9.84. The molecule has 0 atom stereocenters. The first-order valence-corrected chi connectivity index (χ1v) is 10.2. The van der Waals surface area contributed by atoms with E-state index in [4.69, 9.17) is 11.6 Å². The maximum absolute atomic E-state index is 13.2. The van der Waals surface area contributed by atoms with Crippen molar-refractivity contribution >= 4 is 17.5 Å². The molecule has 5 nitrogen and oxygen atoms in total. The van der Waals surface area contributed by atoms with Gasteiger partial charge in [-0.3, -0.25) is 4.79 Å². The van der Waals surface area contributed by atoms with Gasteiger partial charge in [0.15, 0.2) is 0 Å². The zero-order valence-corrected chi connectivity index (χ0v) is 16.9. The molecule has 0 radical (unpaired) electrons. The lowest BCUT2D eigenvalue weighted by atomic mass is 9.74. The van der Waals surface area contributed by atoms with Crippen LogP contribution in [0.1, 0.15) is 28.8 Å². The van der Waals surface area contributed by atoms with Crippen molar-refractivity contribution < 1.29 is 9.90 Å². The minimum absolute atomic E-state index is 0.00929. The lowest BCUT2D eigenvalue weighted by molar-refractivity contribution is 0.0359. The number of nitrogens with zero attached hydrogens (tertiary/aromatic N) is 2. The summed E-state index contributed by atoms with van der Waals surface area (Å²) in [6, 6.07) is 15.3. The van der Waals surface area contributed by atoms with E-state index in [0.29, 0.717) is 29.5 Å². The number of nitrogens with one attached hydrogen (secondary N) is 1. The Morgan fingerprint density at radius 3 is 2.52 bits per heavy atom. The van der Waals surface area contributed by atoms with Gasteiger partial charge in [-0.2, -0.15) is 0 Å². The van der Waals surface area contributed by atoms with Crippen molar-refractivity contribution in [1.82, 2.24) is 14.9 Å². The van der Waals surface area contributed by atoms with Gasteiger partial charge in [0.2, 0.25) is 0 Å². The minimum Gasteiger partial charge on any atom is -0.396 e. The molecule has 1 saturated heterocycles. The number of likely N-dealkylation sites (tertiary alicyclic amines) is 1. The highest BCUT2D eigenvalue weighted by Crippen LogP contribution is 2.36. The Morgan fingerprint density at radius 1 is 1.14 bits per heavy atom. The van der Waals surface area contributed by atoms with Gasteiger partial charge in [-0.1, -0.05) is 41.9 Å². The summed E-state index contributed by atoms with van der Waals surface area (Å²) in [7, 11) is 0. The van der Waals surface area contributed by atoms with Crippen molar-refractivity contribution in [3.05, 3.63) is 77.1 Å². The van der Waals surface area contributed by atoms with Crippen LogP contribution in [-0.2, 0) is 6.42 Å². The van der Waals surface area contributed by atoms with E-state index in [2.05, 4.69) is 9.97 Å². The summed E-state index contributed by atoms with van der Waals surface area (Å²) in [4.78, 5) is 22.5. The number of hydrogen-bond acceptors (Lipinski definition) is 3. The number of imidazole rings is 1. The highest BCUT2D eigenvalue weighted by molar-refractivity contribution is 6.30. The molecule has 0 bridgehead atoms. The summed E-state index contributed by atoms with van der Waals surface area (Å²) in [6.07, 6.45) is 5.75. The van der Waals surface area contributed by atoms with E-state index in [-0.39, 0.29) is 17.9 Å². The van der Waals surface area contributed by atoms with Crippen molar-refractivity contribution in [3.8, 4) is 11.4 Å². The van der Waals surface area contributed by atoms with Gasteiger partial charge in [0.25, 0.3) is 5.91 Å². The van der Waals surface area contributed by atoms with E-state index in [1.807, 2.05) is 53.4 Å². The van der Waals surface area contributed by atoms with Crippen molar-refractivity contribution in [1.29, 1.82) is 0 Å². The van der Waals surface area contributed by atoms with Crippen molar-refractivity contribution in [2.45, 2.75) is 19.3 Å². The number of hydrogen-bond donors (Lipinski definition) is 2. The summed E-state index contributed by atoms with van der Waals surface area (Å²) >= 11 is 5.98. The number of benzene rings is 2. The van der Waals surface area contributed by atoms with Gasteiger partial charge in [0.05, 0.1) is 5.56 Å². The quantitative estimate of drug-likeness (QED) is 0.663. The Balaban J connectivity index is 1.48. The summed E-state index contributed by atoms with van der Waals surface area (Å²) in [5, 5.41) is 10.8. The fourth-order valence-corrected chi connectivity index (χ4v) is 4.20. The smallest absolute Gasteiger partial charge is 0.254 e. The number of halogens is 1. The molecular weight excluding hydrogens is 386 g/mol. The number of aliphatic hydroxyl groups is 1. The van der Waals surface area contributed by atoms with Gasteiger partial charge in [0, 0.05) is 48.1 Å². The van der Waals surface area contributed by atoms with Crippen LogP contribution in [0.2, 0.25) is 5.02 Å². The fraction of sp³-hybridized carbons (Fsp3) is 0.304. The summed E-state index contributed by atoms with van der Waals surface area (Å²) in [5.74, 6) is 0.702. The Labute approximate surface area is 175 Å². The molecule has 1 aliphatic heterocycles. The SMILES string of the molecule is O=C(c1ccccc1-c1ncc[nH]1)N1CCC(CO)(Cc2ccc(Cl)cc2)CC1. The van der Waals surface area contributed by atoms with Crippen LogP contribution in [0, 0.1) is 5.41 Å². The van der Waals surface area contributed by atoms with Gasteiger partial charge >= 0.3 is 0 Å². The van der Waals surface area contributed by atoms with Gasteiger partial charge in [-0.25, -0.2) is 4.98 Å². The molecule has 2 aromatic carbocycles. The third-order valence-electron chi connectivity index (χ3n) is 5.85. The van der Waals surface area contributed by atoms with Crippen molar-refractivity contribution in [3.63, 3.8) is 0 Å². The molecule has 2 N–H and O–H groups in total. The lowest BCUT2D eigenvalue weighted by Crippen LogP contribution is -2.45. The zero-order valence-electron chi connectivity index (χ0n) is 16.1. The number of aliphatic hydroxyl groups excluding tert-OH is 1. The summed E-state index contributed by atoms with van der Waals surface area (Å²) in [6.45, 7) is 1.36. The van der Waals surface area contributed by atoms with E-state index in [0.717, 1.165) is 30.4 Å². The fourth-order valence-electron chi connectivity index (χ4n) is 4.07. The number of rotatable bonds is 5. The highest BCUT2D eigenvalue weighted by Gasteiger charge is 2.36. The first-order chi connectivity index (χ1) is 14.1. The molecule has 1 fully saturated rings. The maximum Gasteiger partial charge on any atom is 0.254 e. The molecule has 0 unspecified atom stereocenters. The van der Waals surface area contributed by atoms with Crippen LogP contribution in [0.3, 0.4) is 0 Å². The highest BCUT2D eigenvalue weighted by atomic mass is 35.5. The molecule has 29 heavy (non-hydrogen) atoms. The number of H-pyrrole nitrogens is 1. The molecular formula is C23H24ClN3O2. The van der Waals surface area contributed by atoms with Gasteiger partial charge < -0.3 is 15.0 Å². The van der Waals surface area contributed by atoms with Crippen LogP contribution in [0.15, 0.2) is 60.9 Å². The van der Waals surface area contributed by atoms with Crippen molar-refractivity contribution in [2.24, 2.45) is 5.41 Å². The predicted molar refractivity (Wildman–Crippen MR) is 114 cm³/mol. The number of piperidine rings is 1. The average Bonchev–Trinajstić information content (AvgIpc) is 3.30. The van der Waals surface area contributed by atoms with Crippen LogP contribution >= 0.6 is 11.6 Å². The number of carbonyl (C=O) groups excluding carboxylic acids is 1. The number of aromatic nitrogens is 2. The van der Waals surface area contributed by atoms with Crippen LogP contribution in [-0.4, -0.2) is 45.6 Å². The molecule has 0 aliphatic carbocycles. The molecule has 3 aromatic rings. The van der Waals surface area contributed by atoms with E-state index < -0.39 is 0 Å². The van der Waals surface area contributed by atoms with E-state index in [9.17, 15) is 9.90 Å². The number of amides is 1. The van der Waals surface area contributed by atoms with Crippen molar-refractivity contribution in [2.75, 3.05) is 19.7 Å². The van der Waals surface area contributed by atoms with E-state index in [1.165, 1.54) is 0 Å². The van der Waals surface area contributed by atoms with E-state index in [1.54, 1.807) is 12.4 Å². The first kappa shape index (κ1) is 19.7. The van der Waals surface area contributed by atoms with Gasteiger partial charge in [-0.15, -0.1) is 0 Å². The molecule has 0 saturated carbocycles. The second-order valence-corrected chi connectivity index (χ2v) is 8.17. The van der Waals surface area contributed by atoms with Crippen LogP contribution in [0.25, 0.3) is 11.4 Å². The van der Waals surface area contributed by atoms with Gasteiger partial charge in [-0.05, 0) is 43.0 Å². The predicted octanol–water partition coefficient (Wildman–Crippen LogP) is 4.19. The standard InChI is InChI=1S/C23H24ClN3O2/c24-18-7-5-17(6-8-18)15-23(16-28)9-13-27(14-10-23)22(29)20-4-2-1-3-19(20)21-25-11-12-26-21/h1-8,11-12,28H,9-10,13-16H2,(H,25,26). The number of carbonyl (C=O) groups is 1. The molecule has 2 heterocycles. The Bertz CT molecular complexity index is 962. The minimum atomic E-state index is -0.203. The Morgan fingerprint density at radius 2 is 1.86 bits per heavy atom. The molecule has 1 aliphatic rings. The molecule has 1 aromatic heterocycles. The average molecular weight is 410 g/mol. The Hall–Kier alpha value is -2.63. The molecule has 6 heteroatoms. The van der Waals surface area contributed by atoms with Crippen LogP contribution in [0.4, 0.5) is 0 Å². The second kappa shape index (κ2) is 8.39. The topological polar surface area (TPSA) is 69.2 Å². The molecule has 1 amide bonds. The normalized spacial score (nSPS) is 16.0. The van der Waals surface area contributed by atoms with Crippen LogP contribution in [0.5, 0.6) is 0 Å². The van der Waals surface area contributed by atoms with Crippen LogP contribution < -0.4 is 0 Å². The summed E-state index contributed by atoms with van der Waals surface area (Å²) < 4.78 is 0. The summed E-state index contributed by atoms with van der Waals surface area (Å²) in [5.41, 5.74) is 2.41. The largest absolute Gasteiger partial charge is 0.396 e. The number of aromatic amines is 1. The third-order valence-corrected chi connectivity index (χ3v) is 6.10. The van der Waals surface area contributed by atoms with E-state index >= 15 is 0 Å². The monoisotopic (exact) mass is 409 g/mol. The molecule has 0 spiro atoms. The molecule has 150 valence electrons. The lowest BCUT2D eigenvalue weighted by Gasteiger charge is -2.41. The zero-order chi connectivity index (χ0) is 20.3.